The van der Waals surface area contributed by atoms with Crippen LogP contribution in [0.5, 0.6) is 5.75 Å². The molecule has 0 saturated carbocycles. The van der Waals surface area contributed by atoms with Gasteiger partial charge in [-0.15, -0.1) is 0 Å². The molecule has 0 amide bonds. The van der Waals surface area contributed by atoms with Crippen molar-refractivity contribution in [3.63, 3.8) is 0 Å². The summed E-state index contributed by atoms with van der Waals surface area (Å²) < 4.78 is 5.70. The van der Waals surface area contributed by atoms with Gasteiger partial charge in [-0.1, -0.05) is 37.3 Å². The molecule has 0 unspecified atom stereocenters. The topological polar surface area (TPSA) is 33.3 Å². The average Bonchev–Trinajstić information content (AvgIpc) is 2.54. The molecule has 2 N–H and O–H groups in total. The summed E-state index contributed by atoms with van der Waals surface area (Å²) in [7, 11) is 0. The van der Waals surface area contributed by atoms with Gasteiger partial charge in [0.1, 0.15) is 12.4 Å². The van der Waals surface area contributed by atoms with Gasteiger partial charge in [0.15, 0.2) is 5.11 Å². The SMILES string of the molecule is CCc1ccc(NC(=S)N[C@H](C)COc2ccccc2)cc1. The molecule has 0 saturated heterocycles. The number of thiocarbonyl (C=S) groups is 1. The molecule has 4 heteroatoms. The third kappa shape index (κ3) is 5.37. The first-order chi connectivity index (χ1) is 10.7. The third-order valence-corrected chi connectivity index (χ3v) is 3.46. The summed E-state index contributed by atoms with van der Waals surface area (Å²) in [6, 6.07) is 18.2. The molecule has 0 aliphatic carbocycles. The van der Waals surface area contributed by atoms with Gasteiger partial charge in [-0.05, 0) is 55.4 Å². The molecule has 0 heterocycles. The largest absolute Gasteiger partial charge is 0.491 e. The minimum Gasteiger partial charge on any atom is -0.491 e. The molecular weight excluding hydrogens is 292 g/mol. The fraction of sp³-hybridized carbons (Fsp3) is 0.278. The monoisotopic (exact) mass is 314 g/mol. The van der Waals surface area contributed by atoms with E-state index in [0.29, 0.717) is 11.7 Å². The summed E-state index contributed by atoms with van der Waals surface area (Å²) in [6.07, 6.45) is 1.04. The molecule has 2 aromatic rings. The number of anilines is 1. The summed E-state index contributed by atoms with van der Waals surface area (Å²) in [5.74, 6) is 0.866. The molecule has 0 fully saturated rings. The maximum Gasteiger partial charge on any atom is 0.171 e. The molecule has 0 spiro atoms. The van der Waals surface area contributed by atoms with E-state index in [0.717, 1.165) is 17.9 Å². The zero-order valence-corrected chi connectivity index (χ0v) is 13.8. The zero-order chi connectivity index (χ0) is 15.8. The van der Waals surface area contributed by atoms with E-state index in [-0.39, 0.29) is 6.04 Å². The minimum atomic E-state index is 0.120. The number of hydrogen-bond acceptors (Lipinski definition) is 2. The Bertz CT molecular complexity index is 584. The number of aryl methyl sites for hydroxylation is 1. The number of rotatable bonds is 6. The summed E-state index contributed by atoms with van der Waals surface area (Å²) in [5, 5.41) is 7.01. The van der Waals surface area contributed by atoms with E-state index >= 15 is 0 Å². The van der Waals surface area contributed by atoms with Gasteiger partial charge < -0.3 is 15.4 Å². The van der Waals surface area contributed by atoms with Crippen LogP contribution >= 0.6 is 12.2 Å². The van der Waals surface area contributed by atoms with E-state index in [1.54, 1.807) is 0 Å². The minimum absolute atomic E-state index is 0.120. The molecule has 1 atom stereocenters. The molecular formula is C18H22N2OS. The second-order valence-electron chi connectivity index (χ2n) is 5.17. The first kappa shape index (κ1) is 16.3. The Morgan fingerprint density at radius 2 is 1.77 bits per heavy atom. The molecule has 22 heavy (non-hydrogen) atoms. The first-order valence-electron chi connectivity index (χ1n) is 7.51. The molecule has 0 bridgehead atoms. The number of benzene rings is 2. The van der Waals surface area contributed by atoms with Crippen LogP contribution in [0.4, 0.5) is 5.69 Å². The van der Waals surface area contributed by atoms with Crippen LogP contribution in [0.3, 0.4) is 0 Å². The standard InChI is InChI=1S/C18H22N2OS/c1-3-15-9-11-16(12-10-15)20-18(22)19-14(2)13-21-17-7-5-4-6-8-17/h4-12,14H,3,13H2,1-2H3,(H2,19,20,22)/t14-/m1/s1. The maximum absolute atomic E-state index is 5.70. The highest BCUT2D eigenvalue weighted by molar-refractivity contribution is 7.80. The van der Waals surface area contributed by atoms with E-state index < -0.39 is 0 Å². The first-order valence-corrected chi connectivity index (χ1v) is 7.92. The van der Waals surface area contributed by atoms with Gasteiger partial charge in [-0.3, -0.25) is 0 Å². The van der Waals surface area contributed by atoms with Crippen LogP contribution in [-0.2, 0) is 6.42 Å². The van der Waals surface area contributed by atoms with Gasteiger partial charge in [0, 0.05) is 5.69 Å². The summed E-state index contributed by atoms with van der Waals surface area (Å²) in [5.41, 5.74) is 2.31. The van der Waals surface area contributed by atoms with E-state index in [1.165, 1.54) is 5.56 Å². The van der Waals surface area contributed by atoms with Crippen molar-refractivity contribution >= 4 is 23.0 Å². The summed E-state index contributed by atoms with van der Waals surface area (Å²) in [6.45, 7) is 4.74. The Kier molecular flexibility index (Phi) is 6.22. The fourth-order valence-electron chi connectivity index (χ4n) is 1.99. The molecule has 2 rings (SSSR count). The third-order valence-electron chi connectivity index (χ3n) is 3.24. The molecule has 2 aromatic carbocycles. The Morgan fingerprint density at radius 3 is 2.41 bits per heavy atom. The Hall–Kier alpha value is -2.07. The lowest BCUT2D eigenvalue weighted by atomic mass is 10.1. The van der Waals surface area contributed by atoms with Crippen molar-refractivity contribution in [3.8, 4) is 5.75 Å². The molecule has 116 valence electrons. The van der Waals surface area contributed by atoms with E-state index in [9.17, 15) is 0 Å². The van der Waals surface area contributed by atoms with Gasteiger partial charge in [0.25, 0.3) is 0 Å². The normalized spacial score (nSPS) is 11.5. The highest BCUT2D eigenvalue weighted by Crippen LogP contribution is 2.10. The smallest absolute Gasteiger partial charge is 0.171 e. The molecule has 0 radical (unpaired) electrons. The average molecular weight is 314 g/mol. The van der Waals surface area contributed by atoms with E-state index in [2.05, 4.69) is 29.7 Å². The molecule has 0 aliphatic heterocycles. The number of hydrogen-bond donors (Lipinski definition) is 2. The lowest BCUT2D eigenvalue weighted by Gasteiger charge is -2.17. The second kappa shape index (κ2) is 8.39. The van der Waals surface area contributed by atoms with Crippen molar-refractivity contribution in [1.82, 2.24) is 5.32 Å². The Morgan fingerprint density at radius 1 is 1.09 bits per heavy atom. The lowest BCUT2D eigenvalue weighted by Crippen LogP contribution is -2.39. The van der Waals surface area contributed by atoms with Crippen LogP contribution in [0.1, 0.15) is 19.4 Å². The van der Waals surface area contributed by atoms with Crippen LogP contribution in [0.25, 0.3) is 0 Å². The van der Waals surface area contributed by atoms with Gasteiger partial charge in [-0.25, -0.2) is 0 Å². The number of ether oxygens (including phenoxy) is 1. The van der Waals surface area contributed by atoms with Crippen LogP contribution in [0, 0.1) is 0 Å². The van der Waals surface area contributed by atoms with Crippen molar-refractivity contribution in [3.05, 3.63) is 60.2 Å². The van der Waals surface area contributed by atoms with Gasteiger partial charge in [-0.2, -0.15) is 0 Å². The van der Waals surface area contributed by atoms with Crippen molar-refractivity contribution in [2.45, 2.75) is 26.3 Å². The van der Waals surface area contributed by atoms with Gasteiger partial charge in [0.2, 0.25) is 0 Å². The highest BCUT2D eigenvalue weighted by atomic mass is 32.1. The van der Waals surface area contributed by atoms with Crippen LogP contribution in [-0.4, -0.2) is 17.8 Å². The summed E-state index contributed by atoms with van der Waals surface area (Å²) in [4.78, 5) is 0. The fourth-order valence-corrected chi connectivity index (χ4v) is 2.31. The van der Waals surface area contributed by atoms with Gasteiger partial charge >= 0.3 is 0 Å². The van der Waals surface area contributed by atoms with E-state index in [4.69, 9.17) is 17.0 Å². The summed E-state index contributed by atoms with van der Waals surface area (Å²) >= 11 is 5.33. The van der Waals surface area contributed by atoms with Crippen LogP contribution < -0.4 is 15.4 Å². The van der Waals surface area contributed by atoms with Crippen molar-refractivity contribution in [2.24, 2.45) is 0 Å². The zero-order valence-electron chi connectivity index (χ0n) is 13.0. The molecule has 0 aromatic heterocycles. The number of nitrogens with one attached hydrogen (secondary N) is 2. The van der Waals surface area contributed by atoms with Crippen molar-refractivity contribution in [1.29, 1.82) is 0 Å². The molecule has 3 nitrogen and oxygen atoms in total. The highest BCUT2D eigenvalue weighted by Gasteiger charge is 2.05. The van der Waals surface area contributed by atoms with Crippen molar-refractivity contribution in [2.75, 3.05) is 11.9 Å². The van der Waals surface area contributed by atoms with Crippen molar-refractivity contribution < 1.29 is 4.74 Å². The van der Waals surface area contributed by atoms with E-state index in [1.807, 2.05) is 49.4 Å². The predicted molar refractivity (Wildman–Crippen MR) is 96.6 cm³/mol. The quantitative estimate of drug-likeness (QED) is 0.790. The Balaban J connectivity index is 1.75. The lowest BCUT2D eigenvalue weighted by molar-refractivity contribution is 0.287. The Labute approximate surface area is 137 Å². The maximum atomic E-state index is 5.70. The second-order valence-corrected chi connectivity index (χ2v) is 5.58. The van der Waals surface area contributed by atoms with Crippen LogP contribution in [0.2, 0.25) is 0 Å². The van der Waals surface area contributed by atoms with Gasteiger partial charge in [0.05, 0.1) is 6.04 Å². The van der Waals surface area contributed by atoms with Crippen LogP contribution in [0.15, 0.2) is 54.6 Å². The number of para-hydroxylation sites is 1. The predicted octanol–water partition coefficient (Wildman–Crippen LogP) is 4.00. The molecule has 0 aliphatic rings.